The normalized spacial score (nSPS) is 19.2. The quantitative estimate of drug-likeness (QED) is 0.859. The van der Waals surface area contributed by atoms with E-state index >= 15 is 0 Å². The summed E-state index contributed by atoms with van der Waals surface area (Å²) >= 11 is 0. The molecule has 0 spiro atoms. The largest absolute Gasteiger partial charge is 0.497 e. The summed E-state index contributed by atoms with van der Waals surface area (Å²) in [5, 5.41) is 2.89. The predicted octanol–water partition coefficient (Wildman–Crippen LogP) is 0.441. The van der Waals surface area contributed by atoms with Gasteiger partial charge in [-0.05, 0) is 12.5 Å². The molecule has 1 fully saturated rings. The minimum atomic E-state index is -0.244. The maximum Gasteiger partial charge on any atom is 0.270 e. The van der Waals surface area contributed by atoms with Crippen LogP contribution in [-0.2, 0) is 4.79 Å². The minimum absolute atomic E-state index is 0.0248. The van der Waals surface area contributed by atoms with Crippen molar-refractivity contribution >= 4 is 11.8 Å². The predicted molar refractivity (Wildman–Crippen MR) is 68.9 cm³/mol. The van der Waals surface area contributed by atoms with E-state index in [0.29, 0.717) is 30.8 Å². The molecule has 0 aromatic carbocycles. The molecule has 0 bridgehead atoms. The number of likely N-dealkylation sites (N-methyl/N-ethyl adjacent to an activating group) is 1. The van der Waals surface area contributed by atoms with Crippen molar-refractivity contribution in [1.29, 1.82) is 0 Å². The minimum Gasteiger partial charge on any atom is -0.497 e. The van der Waals surface area contributed by atoms with E-state index in [0.717, 1.165) is 0 Å². The molecule has 0 saturated carbocycles. The van der Waals surface area contributed by atoms with Crippen molar-refractivity contribution in [1.82, 2.24) is 15.2 Å². The lowest BCUT2D eigenvalue weighted by Gasteiger charge is -2.30. The lowest BCUT2D eigenvalue weighted by atomic mass is 10.1. The van der Waals surface area contributed by atoms with Crippen molar-refractivity contribution in [3.05, 3.63) is 24.0 Å². The standard InChI is InChI=1S/C13H17N3O3/c1-16-8-9(3-4-12(16)17)15-13(18)11-7-10(19-2)5-6-14-11/h5-7,9H,3-4,8H2,1-2H3,(H,15,18). The first-order valence-corrected chi connectivity index (χ1v) is 6.15. The summed E-state index contributed by atoms with van der Waals surface area (Å²) in [6.07, 6.45) is 2.66. The average molecular weight is 263 g/mol. The Bertz CT molecular complexity index is 490. The zero-order valence-corrected chi connectivity index (χ0v) is 11.0. The van der Waals surface area contributed by atoms with Crippen molar-refractivity contribution in [3.8, 4) is 5.75 Å². The van der Waals surface area contributed by atoms with E-state index < -0.39 is 0 Å². The molecule has 1 aliphatic rings. The highest BCUT2D eigenvalue weighted by atomic mass is 16.5. The number of aromatic nitrogens is 1. The lowest BCUT2D eigenvalue weighted by molar-refractivity contribution is -0.132. The number of pyridine rings is 1. The molecule has 1 unspecified atom stereocenters. The fourth-order valence-corrected chi connectivity index (χ4v) is 2.05. The number of hydrogen-bond acceptors (Lipinski definition) is 4. The number of amides is 2. The fourth-order valence-electron chi connectivity index (χ4n) is 2.05. The highest BCUT2D eigenvalue weighted by molar-refractivity contribution is 5.93. The van der Waals surface area contributed by atoms with Crippen LogP contribution in [0.1, 0.15) is 23.3 Å². The number of nitrogens with one attached hydrogen (secondary N) is 1. The van der Waals surface area contributed by atoms with Crippen LogP contribution in [0, 0.1) is 0 Å². The van der Waals surface area contributed by atoms with Crippen LogP contribution in [0.4, 0.5) is 0 Å². The number of hydrogen-bond donors (Lipinski definition) is 1. The van der Waals surface area contributed by atoms with E-state index in [-0.39, 0.29) is 17.9 Å². The Morgan fingerprint density at radius 1 is 1.58 bits per heavy atom. The Hall–Kier alpha value is -2.11. The number of methoxy groups -OCH3 is 1. The Morgan fingerprint density at radius 2 is 2.37 bits per heavy atom. The summed E-state index contributed by atoms with van der Waals surface area (Å²) in [6.45, 7) is 0.536. The first kappa shape index (κ1) is 13.3. The van der Waals surface area contributed by atoms with E-state index in [1.54, 1.807) is 31.2 Å². The molecule has 2 amide bonds. The zero-order chi connectivity index (χ0) is 13.8. The molecule has 1 aliphatic heterocycles. The molecule has 0 aliphatic carbocycles. The van der Waals surface area contributed by atoms with Crippen LogP contribution in [-0.4, -0.2) is 48.4 Å². The van der Waals surface area contributed by atoms with Gasteiger partial charge in [-0.25, -0.2) is 0 Å². The zero-order valence-electron chi connectivity index (χ0n) is 11.0. The van der Waals surface area contributed by atoms with Gasteiger partial charge in [0, 0.05) is 38.3 Å². The maximum absolute atomic E-state index is 12.0. The van der Waals surface area contributed by atoms with Crippen molar-refractivity contribution < 1.29 is 14.3 Å². The molecule has 1 saturated heterocycles. The van der Waals surface area contributed by atoms with Gasteiger partial charge in [0.05, 0.1) is 7.11 Å². The van der Waals surface area contributed by atoms with Crippen LogP contribution in [0.15, 0.2) is 18.3 Å². The van der Waals surface area contributed by atoms with Crippen LogP contribution in [0.25, 0.3) is 0 Å². The van der Waals surface area contributed by atoms with Gasteiger partial charge in [0.15, 0.2) is 0 Å². The number of ether oxygens (including phenoxy) is 1. The second-order valence-electron chi connectivity index (χ2n) is 4.56. The molecule has 1 atom stereocenters. The molecule has 2 heterocycles. The molecule has 0 radical (unpaired) electrons. The van der Waals surface area contributed by atoms with Gasteiger partial charge in [-0.3, -0.25) is 14.6 Å². The Morgan fingerprint density at radius 3 is 3.05 bits per heavy atom. The molecule has 1 aromatic rings. The van der Waals surface area contributed by atoms with Crippen molar-refractivity contribution in [2.24, 2.45) is 0 Å². The number of piperidine rings is 1. The summed E-state index contributed by atoms with van der Waals surface area (Å²) < 4.78 is 5.05. The monoisotopic (exact) mass is 263 g/mol. The summed E-state index contributed by atoms with van der Waals surface area (Å²) in [5.41, 5.74) is 0.318. The SMILES string of the molecule is COc1ccnc(C(=O)NC2CCC(=O)N(C)C2)c1. The van der Waals surface area contributed by atoms with E-state index in [4.69, 9.17) is 4.74 Å². The van der Waals surface area contributed by atoms with Crippen molar-refractivity contribution in [2.75, 3.05) is 20.7 Å². The third-order valence-electron chi connectivity index (χ3n) is 3.16. The third-order valence-corrected chi connectivity index (χ3v) is 3.16. The van der Waals surface area contributed by atoms with E-state index in [2.05, 4.69) is 10.3 Å². The van der Waals surface area contributed by atoms with E-state index in [1.807, 2.05) is 0 Å². The van der Waals surface area contributed by atoms with Gasteiger partial charge in [-0.2, -0.15) is 0 Å². The summed E-state index contributed by atoms with van der Waals surface area (Å²) in [4.78, 5) is 29.0. The topological polar surface area (TPSA) is 71.5 Å². The van der Waals surface area contributed by atoms with Gasteiger partial charge in [0.1, 0.15) is 11.4 Å². The van der Waals surface area contributed by atoms with E-state index in [9.17, 15) is 9.59 Å². The smallest absolute Gasteiger partial charge is 0.270 e. The Kier molecular flexibility index (Phi) is 3.99. The number of carbonyl (C=O) groups excluding carboxylic acids is 2. The molecular weight excluding hydrogens is 246 g/mol. The van der Waals surface area contributed by atoms with Gasteiger partial charge in [-0.1, -0.05) is 0 Å². The second-order valence-corrected chi connectivity index (χ2v) is 4.56. The summed E-state index contributed by atoms with van der Waals surface area (Å²) in [7, 11) is 3.28. The van der Waals surface area contributed by atoms with Crippen LogP contribution in [0.3, 0.4) is 0 Å². The van der Waals surface area contributed by atoms with Crippen LogP contribution >= 0.6 is 0 Å². The summed E-state index contributed by atoms with van der Waals surface area (Å²) in [5.74, 6) is 0.466. The molecular formula is C13H17N3O3. The third kappa shape index (κ3) is 3.21. The van der Waals surface area contributed by atoms with Crippen molar-refractivity contribution in [2.45, 2.75) is 18.9 Å². The second kappa shape index (κ2) is 5.69. The van der Waals surface area contributed by atoms with Gasteiger partial charge in [-0.15, -0.1) is 0 Å². The lowest BCUT2D eigenvalue weighted by Crippen LogP contribution is -2.48. The molecule has 19 heavy (non-hydrogen) atoms. The Balaban J connectivity index is 1.99. The first-order valence-electron chi connectivity index (χ1n) is 6.15. The Labute approximate surface area is 111 Å². The molecule has 102 valence electrons. The number of nitrogens with zero attached hydrogens (tertiary/aromatic N) is 2. The van der Waals surface area contributed by atoms with Crippen LogP contribution < -0.4 is 10.1 Å². The van der Waals surface area contributed by atoms with Crippen molar-refractivity contribution in [3.63, 3.8) is 0 Å². The fraction of sp³-hybridized carbons (Fsp3) is 0.462. The van der Waals surface area contributed by atoms with Crippen LogP contribution in [0.5, 0.6) is 5.75 Å². The number of rotatable bonds is 3. The first-order chi connectivity index (χ1) is 9.10. The van der Waals surface area contributed by atoms with Gasteiger partial charge >= 0.3 is 0 Å². The highest BCUT2D eigenvalue weighted by Gasteiger charge is 2.24. The molecule has 6 nitrogen and oxygen atoms in total. The maximum atomic E-state index is 12.0. The molecule has 6 heteroatoms. The molecule has 2 rings (SSSR count). The number of carbonyl (C=O) groups is 2. The van der Waals surface area contributed by atoms with Gasteiger partial charge in [0.2, 0.25) is 5.91 Å². The summed E-state index contributed by atoms with van der Waals surface area (Å²) in [6, 6.07) is 3.25. The number of likely N-dealkylation sites (tertiary alicyclic amines) is 1. The van der Waals surface area contributed by atoms with Gasteiger partial charge in [0.25, 0.3) is 5.91 Å². The average Bonchev–Trinajstić information content (AvgIpc) is 2.43. The van der Waals surface area contributed by atoms with Crippen LogP contribution in [0.2, 0.25) is 0 Å². The van der Waals surface area contributed by atoms with Gasteiger partial charge < -0.3 is 15.0 Å². The molecule has 1 N–H and O–H groups in total. The molecule has 1 aromatic heterocycles. The van der Waals surface area contributed by atoms with E-state index in [1.165, 1.54) is 6.20 Å². The highest BCUT2D eigenvalue weighted by Crippen LogP contribution is 2.12.